The second-order valence-electron chi connectivity index (χ2n) is 5.08. The summed E-state index contributed by atoms with van der Waals surface area (Å²) in [5, 5.41) is 1.77. The normalized spacial score (nSPS) is 12.7. The van der Waals surface area contributed by atoms with Crippen molar-refractivity contribution in [3.8, 4) is 0 Å². The van der Waals surface area contributed by atoms with Gasteiger partial charge < -0.3 is 5.32 Å². The first kappa shape index (κ1) is 17.4. The first-order valence-electron chi connectivity index (χ1n) is 6.80. The van der Waals surface area contributed by atoms with Gasteiger partial charge in [-0.1, -0.05) is 23.7 Å². The predicted octanol–water partition coefficient (Wildman–Crippen LogP) is 3.42. The summed E-state index contributed by atoms with van der Waals surface area (Å²) in [5.74, 6) is -1.57. The zero-order valence-corrected chi connectivity index (χ0v) is 13.9. The van der Waals surface area contributed by atoms with Crippen molar-refractivity contribution in [2.24, 2.45) is 0 Å². The number of benzene rings is 2. The van der Waals surface area contributed by atoms with Crippen LogP contribution in [0.15, 0.2) is 48.5 Å². The van der Waals surface area contributed by atoms with E-state index in [0.717, 1.165) is 6.07 Å². The molecule has 122 valence electrons. The van der Waals surface area contributed by atoms with E-state index in [1.165, 1.54) is 25.1 Å². The summed E-state index contributed by atoms with van der Waals surface area (Å²) >= 11 is 5.75. The average molecular weight is 356 g/mol. The molecule has 0 heterocycles. The number of sulfone groups is 1. The molecule has 0 saturated carbocycles. The zero-order valence-electron chi connectivity index (χ0n) is 12.3. The second kappa shape index (κ2) is 7.10. The van der Waals surface area contributed by atoms with Gasteiger partial charge in [0.25, 0.3) is 0 Å². The predicted molar refractivity (Wildman–Crippen MR) is 88.6 cm³/mol. The van der Waals surface area contributed by atoms with E-state index in [4.69, 9.17) is 11.6 Å². The Morgan fingerprint density at radius 1 is 1.22 bits per heavy atom. The maximum absolute atomic E-state index is 13.1. The maximum Gasteiger partial charge on any atom is 0.242 e. The van der Waals surface area contributed by atoms with Crippen molar-refractivity contribution in [1.29, 1.82) is 0 Å². The smallest absolute Gasteiger partial charge is 0.242 e. The summed E-state index contributed by atoms with van der Waals surface area (Å²) < 4.78 is 37.7. The highest BCUT2D eigenvalue weighted by atomic mass is 35.5. The van der Waals surface area contributed by atoms with Crippen LogP contribution in [0.2, 0.25) is 5.02 Å². The summed E-state index contributed by atoms with van der Waals surface area (Å²) in [6.07, 6.45) is 0. The van der Waals surface area contributed by atoms with E-state index in [2.05, 4.69) is 5.32 Å². The first-order valence-corrected chi connectivity index (χ1v) is 8.90. The molecule has 0 aromatic heterocycles. The van der Waals surface area contributed by atoms with Gasteiger partial charge in [-0.05, 0) is 48.9 Å². The van der Waals surface area contributed by atoms with Gasteiger partial charge in [0.2, 0.25) is 5.91 Å². The quantitative estimate of drug-likeness (QED) is 0.893. The lowest BCUT2D eigenvalue weighted by atomic mass is 10.2. The third-order valence-corrected chi connectivity index (χ3v) is 5.56. The molecule has 7 heteroatoms. The van der Waals surface area contributed by atoms with E-state index in [-0.39, 0.29) is 0 Å². The number of hydrogen-bond acceptors (Lipinski definition) is 3. The fourth-order valence-corrected chi connectivity index (χ4v) is 3.33. The van der Waals surface area contributed by atoms with Crippen LogP contribution in [0.4, 0.5) is 10.1 Å². The number of hydrogen-bond donors (Lipinski definition) is 1. The molecule has 4 nitrogen and oxygen atoms in total. The van der Waals surface area contributed by atoms with Gasteiger partial charge in [-0.3, -0.25) is 4.79 Å². The van der Waals surface area contributed by atoms with Crippen molar-refractivity contribution in [2.75, 3.05) is 5.32 Å². The van der Waals surface area contributed by atoms with Crippen molar-refractivity contribution in [3.63, 3.8) is 0 Å². The SMILES string of the molecule is CC(C(=O)Nc1ccc(Cl)cc1)S(=O)(=O)Cc1cccc(F)c1. The fourth-order valence-electron chi connectivity index (χ4n) is 1.92. The van der Waals surface area contributed by atoms with Crippen molar-refractivity contribution < 1.29 is 17.6 Å². The van der Waals surface area contributed by atoms with Crippen LogP contribution in [0, 0.1) is 5.82 Å². The van der Waals surface area contributed by atoms with Crippen LogP contribution in [0.3, 0.4) is 0 Å². The molecule has 1 unspecified atom stereocenters. The maximum atomic E-state index is 13.1. The summed E-state index contributed by atoms with van der Waals surface area (Å²) in [5.41, 5.74) is 0.753. The van der Waals surface area contributed by atoms with Crippen LogP contribution in [0.25, 0.3) is 0 Å². The Morgan fingerprint density at radius 2 is 1.87 bits per heavy atom. The van der Waals surface area contributed by atoms with Crippen molar-refractivity contribution >= 4 is 33.0 Å². The van der Waals surface area contributed by atoms with Crippen LogP contribution in [0.1, 0.15) is 12.5 Å². The molecule has 0 radical (unpaired) electrons. The average Bonchev–Trinajstić information content (AvgIpc) is 2.48. The molecule has 0 spiro atoms. The molecule has 1 N–H and O–H groups in total. The minimum atomic E-state index is -3.76. The second-order valence-corrected chi connectivity index (χ2v) is 7.83. The lowest BCUT2D eigenvalue weighted by Crippen LogP contribution is -2.33. The molecular weight excluding hydrogens is 341 g/mol. The van der Waals surface area contributed by atoms with E-state index >= 15 is 0 Å². The molecule has 0 fully saturated rings. The number of halogens is 2. The monoisotopic (exact) mass is 355 g/mol. The number of rotatable bonds is 5. The molecule has 1 amide bonds. The van der Waals surface area contributed by atoms with Gasteiger partial charge in [0, 0.05) is 10.7 Å². The minimum absolute atomic E-state index is 0.302. The number of anilines is 1. The van der Waals surface area contributed by atoms with Gasteiger partial charge >= 0.3 is 0 Å². The summed E-state index contributed by atoms with van der Waals surface area (Å²) in [7, 11) is -3.76. The van der Waals surface area contributed by atoms with E-state index in [1.54, 1.807) is 24.3 Å². The van der Waals surface area contributed by atoms with Gasteiger partial charge in [-0.25, -0.2) is 12.8 Å². The molecule has 0 aliphatic rings. The first-order chi connectivity index (χ1) is 10.8. The van der Waals surface area contributed by atoms with Gasteiger partial charge in [0.15, 0.2) is 9.84 Å². The molecule has 0 aliphatic carbocycles. The Balaban J connectivity index is 2.09. The van der Waals surface area contributed by atoms with Crippen LogP contribution < -0.4 is 5.32 Å². The Morgan fingerprint density at radius 3 is 2.48 bits per heavy atom. The molecule has 0 aliphatic heterocycles. The van der Waals surface area contributed by atoms with E-state index in [1.807, 2.05) is 0 Å². The lowest BCUT2D eigenvalue weighted by molar-refractivity contribution is -0.115. The van der Waals surface area contributed by atoms with Crippen LogP contribution >= 0.6 is 11.6 Å². The Labute approximate surface area is 139 Å². The lowest BCUT2D eigenvalue weighted by Gasteiger charge is -2.13. The summed E-state index contributed by atoms with van der Waals surface area (Å²) in [6.45, 7) is 1.31. The Hall–Kier alpha value is -1.92. The molecule has 2 rings (SSSR count). The Kier molecular flexibility index (Phi) is 5.38. The third-order valence-electron chi connectivity index (χ3n) is 3.28. The third kappa shape index (κ3) is 4.77. The van der Waals surface area contributed by atoms with Crippen molar-refractivity contribution in [2.45, 2.75) is 17.9 Å². The summed E-state index contributed by atoms with van der Waals surface area (Å²) in [4.78, 5) is 12.1. The van der Waals surface area contributed by atoms with Crippen molar-refractivity contribution in [1.82, 2.24) is 0 Å². The van der Waals surface area contributed by atoms with E-state index < -0.39 is 32.6 Å². The molecule has 2 aromatic carbocycles. The molecule has 0 bridgehead atoms. The van der Waals surface area contributed by atoms with Gasteiger partial charge in [0.1, 0.15) is 11.1 Å². The zero-order chi connectivity index (χ0) is 17.0. The van der Waals surface area contributed by atoms with Crippen LogP contribution in [-0.4, -0.2) is 19.6 Å². The Bertz CT molecular complexity index is 806. The molecule has 1 atom stereocenters. The van der Waals surface area contributed by atoms with Crippen LogP contribution in [0.5, 0.6) is 0 Å². The minimum Gasteiger partial charge on any atom is -0.325 e. The molecule has 23 heavy (non-hydrogen) atoms. The molecule has 0 saturated heterocycles. The molecule has 2 aromatic rings. The van der Waals surface area contributed by atoms with Crippen LogP contribution in [-0.2, 0) is 20.4 Å². The van der Waals surface area contributed by atoms with E-state index in [0.29, 0.717) is 16.3 Å². The van der Waals surface area contributed by atoms with Gasteiger partial charge in [0.05, 0.1) is 5.75 Å². The van der Waals surface area contributed by atoms with Gasteiger partial charge in [-0.2, -0.15) is 0 Å². The highest BCUT2D eigenvalue weighted by Crippen LogP contribution is 2.17. The highest BCUT2D eigenvalue weighted by molar-refractivity contribution is 7.92. The number of amides is 1. The standard InChI is InChI=1S/C16H15ClFNO3S/c1-11(16(20)19-15-7-5-13(17)6-8-15)23(21,22)10-12-3-2-4-14(18)9-12/h2-9,11H,10H2,1H3,(H,19,20). The summed E-state index contributed by atoms with van der Waals surface area (Å²) in [6, 6.07) is 11.6. The number of carbonyl (C=O) groups is 1. The molecular formula is C16H15ClFNO3S. The van der Waals surface area contributed by atoms with E-state index in [9.17, 15) is 17.6 Å². The van der Waals surface area contributed by atoms with Crippen molar-refractivity contribution in [3.05, 3.63) is 64.9 Å². The highest BCUT2D eigenvalue weighted by Gasteiger charge is 2.28. The van der Waals surface area contributed by atoms with Gasteiger partial charge in [-0.15, -0.1) is 0 Å². The number of carbonyl (C=O) groups excluding carboxylic acids is 1. The number of nitrogens with one attached hydrogen (secondary N) is 1. The fraction of sp³-hybridized carbons (Fsp3) is 0.188. The topological polar surface area (TPSA) is 63.2 Å². The largest absolute Gasteiger partial charge is 0.325 e.